The van der Waals surface area contributed by atoms with E-state index in [4.69, 9.17) is 9.47 Å². The summed E-state index contributed by atoms with van der Waals surface area (Å²) in [5, 5.41) is 0. The highest BCUT2D eigenvalue weighted by Crippen LogP contribution is 2.40. The van der Waals surface area contributed by atoms with Crippen molar-refractivity contribution in [3.05, 3.63) is 12.2 Å². The minimum Gasteiger partial charge on any atom is -0.462 e. The number of sulfonamides is 1. The molecule has 0 N–H and O–H groups in total. The summed E-state index contributed by atoms with van der Waals surface area (Å²) in [4.78, 5) is 24.5. The van der Waals surface area contributed by atoms with Crippen molar-refractivity contribution in [2.24, 2.45) is 11.8 Å². The summed E-state index contributed by atoms with van der Waals surface area (Å²) in [6.45, 7) is 8.45. The second-order valence-corrected chi connectivity index (χ2v) is 10.5. The number of ether oxygens (including phenoxy) is 2. The van der Waals surface area contributed by atoms with Crippen molar-refractivity contribution >= 4 is 22.0 Å². The van der Waals surface area contributed by atoms with E-state index in [-0.39, 0.29) is 36.0 Å². The molecule has 0 amide bonds. The highest BCUT2D eigenvalue weighted by molar-refractivity contribution is 7.88. The molecule has 1 heterocycles. The maximum Gasteiger partial charge on any atom is 0.334 e. The number of unbranched alkanes of at least 4 members (excludes halogenated alkanes) is 3. The third kappa shape index (κ3) is 7.10. The van der Waals surface area contributed by atoms with Gasteiger partial charge >= 0.3 is 11.9 Å². The average molecular weight is 430 g/mol. The molecule has 0 aromatic heterocycles. The van der Waals surface area contributed by atoms with Gasteiger partial charge in [-0.1, -0.05) is 32.8 Å². The fraction of sp³-hybridized carbons (Fsp3) is 0.810. The Hall–Kier alpha value is -1.41. The normalized spacial score (nSPS) is 25.4. The summed E-state index contributed by atoms with van der Waals surface area (Å²) in [5.41, 5.74) is 0.0816. The molecule has 1 saturated carbocycles. The molecule has 166 valence electrons. The molecular weight excluding hydrogens is 394 g/mol. The molecule has 1 aliphatic heterocycles. The highest BCUT2D eigenvalue weighted by Gasteiger charge is 2.46. The Labute approximate surface area is 174 Å². The monoisotopic (exact) mass is 429 g/mol. The van der Waals surface area contributed by atoms with Crippen molar-refractivity contribution in [3.63, 3.8) is 0 Å². The van der Waals surface area contributed by atoms with Crippen molar-refractivity contribution in [2.75, 3.05) is 19.3 Å². The summed E-state index contributed by atoms with van der Waals surface area (Å²) >= 11 is 0. The van der Waals surface area contributed by atoms with E-state index in [0.29, 0.717) is 13.1 Å². The Morgan fingerprint density at radius 1 is 1.14 bits per heavy atom. The molecule has 2 fully saturated rings. The van der Waals surface area contributed by atoms with Crippen LogP contribution in [0.4, 0.5) is 0 Å². The fourth-order valence-electron chi connectivity index (χ4n) is 4.23. The number of hydrogen-bond donors (Lipinski definition) is 0. The van der Waals surface area contributed by atoms with Crippen LogP contribution in [0.2, 0.25) is 0 Å². The first-order chi connectivity index (χ1) is 13.6. The summed E-state index contributed by atoms with van der Waals surface area (Å²) in [7, 11) is -3.24. The third-order valence-electron chi connectivity index (χ3n) is 5.87. The van der Waals surface area contributed by atoms with E-state index in [9.17, 15) is 18.0 Å². The zero-order valence-corrected chi connectivity index (χ0v) is 18.7. The lowest BCUT2D eigenvalue weighted by Gasteiger charge is -2.36. The fourth-order valence-corrected chi connectivity index (χ4v) is 5.15. The van der Waals surface area contributed by atoms with Crippen LogP contribution in [0.25, 0.3) is 0 Å². The lowest BCUT2D eigenvalue weighted by atomic mass is 9.96. The Kier molecular flexibility index (Phi) is 8.70. The van der Waals surface area contributed by atoms with Crippen LogP contribution in [0, 0.1) is 11.8 Å². The van der Waals surface area contributed by atoms with Crippen LogP contribution >= 0.6 is 0 Å². The number of nitrogens with zero attached hydrogens (tertiary/aromatic N) is 1. The van der Waals surface area contributed by atoms with Gasteiger partial charge in [0, 0.05) is 30.5 Å². The standard InChI is InChI=1S/C21H35NO6S/c1-5-6-7-8-9-16(3)27-19(23)12-15(2)21(24)28-20-17-10-11-18(20)14-22(13-17)29(4,25)26/h16-18,20H,2,5-14H2,1,3-4H3/t16-,17-,18+,20?/m1/s1. The van der Waals surface area contributed by atoms with Gasteiger partial charge in [0.15, 0.2) is 0 Å². The minimum atomic E-state index is -3.24. The van der Waals surface area contributed by atoms with E-state index in [1.54, 1.807) is 0 Å². The first-order valence-corrected chi connectivity index (χ1v) is 12.5. The summed E-state index contributed by atoms with van der Waals surface area (Å²) < 4.78 is 36.1. The van der Waals surface area contributed by atoms with Crippen LogP contribution in [0.3, 0.4) is 0 Å². The molecule has 7 nitrogen and oxygen atoms in total. The second kappa shape index (κ2) is 10.6. The highest BCUT2D eigenvalue weighted by atomic mass is 32.2. The quantitative estimate of drug-likeness (QED) is 0.285. The topological polar surface area (TPSA) is 90.0 Å². The molecule has 0 radical (unpaired) electrons. The molecule has 29 heavy (non-hydrogen) atoms. The van der Waals surface area contributed by atoms with Crippen molar-refractivity contribution in [1.29, 1.82) is 0 Å². The van der Waals surface area contributed by atoms with Crippen molar-refractivity contribution < 1.29 is 27.5 Å². The largest absolute Gasteiger partial charge is 0.462 e. The molecule has 8 heteroatoms. The molecule has 4 atom stereocenters. The van der Waals surface area contributed by atoms with Crippen LogP contribution in [-0.2, 0) is 29.1 Å². The Morgan fingerprint density at radius 3 is 2.31 bits per heavy atom. The molecule has 0 spiro atoms. The number of carbonyl (C=O) groups excluding carboxylic acids is 2. The predicted octanol–water partition coefficient (Wildman–Crippen LogP) is 3.05. The van der Waals surface area contributed by atoms with E-state index >= 15 is 0 Å². The maximum absolute atomic E-state index is 12.4. The van der Waals surface area contributed by atoms with Crippen LogP contribution in [0.15, 0.2) is 12.2 Å². The summed E-state index contributed by atoms with van der Waals surface area (Å²) in [6.07, 6.45) is 7.47. The lowest BCUT2D eigenvalue weighted by Crippen LogP contribution is -2.48. The molecular formula is C21H35NO6S. The molecule has 1 unspecified atom stereocenters. The second-order valence-electron chi connectivity index (χ2n) is 8.48. The number of piperidine rings is 1. The van der Waals surface area contributed by atoms with E-state index in [1.165, 1.54) is 17.0 Å². The van der Waals surface area contributed by atoms with Crippen molar-refractivity contribution in [2.45, 2.75) is 77.4 Å². The Morgan fingerprint density at radius 2 is 1.76 bits per heavy atom. The minimum absolute atomic E-state index is 0.00433. The van der Waals surface area contributed by atoms with E-state index < -0.39 is 22.0 Å². The molecule has 2 rings (SSSR count). The van der Waals surface area contributed by atoms with Crippen molar-refractivity contribution in [1.82, 2.24) is 4.31 Å². The van der Waals surface area contributed by atoms with Gasteiger partial charge in [-0.3, -0.25) is 4.79 Å². The average Bonchev–Trinajstić information content (AvgIpc) is 2.85. The van der Waals surface area contributed by atoms with Gasteiger partial charge in [0.25, 0.3) is 0 Å². The summed E-state index contributed by atoms with van der Waals surface area (Å²) in [5.74, 6) is -1.07. The van der Waals surface area contributed by atoms with Gasteiger partial charge in [-0.25, -0.2) is 17.5 Å². The lowest BCUT2D eigenvalue weighted by molar-refractivity contribution is -0.154. The van der Waals surface area contributed by atoms with Gasteiger partial charge < -0.3 is 9.47 Å². The molecule has 2 bridgehead atoms. The van der Waals surface area contributed by atoms with Crippen LogP contribution in [-0.4, -0.2) is 56.2 Å². The van der Waals surface area contributed by atoms with Crippen molar-refractivity contribution in [3.8, 4) is 0 Å². The Bertz CT molecular complexity index is 690. The van der Waals surface area contributed by atoms with Gasteiger partial charge in [0.05, 0.1) is 18.8 Å². The summed E-state index contributed by atoms with van der Waals surface area (Å²) in [6, 6.07) is 0. The van der Waals surface area contributed by atoms with Gasteiger partial charge in [-0.15, -0.1) is 0 Å². The van der Waals surface area contributed by atoms with Crippen LogP contribution in [0.1, 0.15) is 65.2 Å². The zero-order chi connectivity index (χ0) is 21.6. The van der Waals surface area contributed by atoms with Gasteiger partial charge in [-0.05, 0) is 32.6 Å². The van der Waals surface area contributed by atoms with E-state index in [1.807, 2.05) is 6.92 Å². The first kappa shape index (κ1) is 23.9. The molecule has 0 aromatic rings. The SMILES string of the molecule is C=C(CC(=O)O[C@H](C)CCCCCC)C(=O)OC1[C@@H]2CC[C@H]1CN(S(C)(=O)=O)C2. The number of fused-ring (bicyclic) bond motifs is 2. The van der Waals surface area contributed by atoms with E-state index in [0.717, 1.165) is 38.5 Å². The van der Waals surface area contributed by atoms with Gasteiger partial charge in [-0.2, -0.15) is 0 Å². The Balaban J connectivity index is 1.77. The smallest absolute Gasteiger partial charge is 0.334 e. The van der Waals surface area contributed by atoms with Gasteiger partial charge in [0.1, 0.15) is 6.10 Å². The van der Waals surface area contributed by atoms with Crippen LogP contribution in [0.5, 0.6) is 0 Å². The first-order valence-electron chi connectivity index (χ1n) is 10.6. The third-order valence-corrected chi connectivity index (χ3v) is 7.11. The van der Waals surface area contributed by atoms with Gasteiger partial charge in [0.2, 0.25) is 10.0 Å². The predicted molar refractivity (Wildman–Crippen MR) is 111 cm³/mol. The molecule has 0 aromatic carbocycles. The number of esters is 2. The number of rotatable bonds is 11. The molecule has 1 saturated heterocycles. The zero-order valence-electron chi connectivity index (χ0n) is 17.9. The van der Waals surface area contributed by atoms with E-state index in [2.05, 4.69) is 13.5 Å². The number of carbonyl (C=O) groups is 2. The molecule has 2 aliphatic rings. The van der Waals surface area contributed by atoms with Crippen LogP contribution < -0.4 is 0 Å². The maximum atomic E-state index is 12.4. The number of hydrogen-bond acceptors (Lipinski definition) is 6. The molecule has 1 aliphatic carbocycles.